The SMILES string of the molecule is CS(=O)(=O)OC1C[C@H]2C[C@H]3O[C@@H]1C[C@H]3O2. The lowest BCUT2D eigenvalue weighted by Crippen LogP contribution is -2.31. The van der Waals surface area contributed by atoms with Crippen LogP contribution in [0.15, 0.2) is 0 Å². The van der Waals surface area contributed by atoms with Crippen molar-refractivity contribution >= 4 is 10.1 Å². The molecular formula is C9H14O5S. The van der Waals surface area contributed by atoms with Gasteiger partial charge in [-0.05, 0) is 0 Å². The highest BCUT2D eigenvalue weighted by Crippen LogP contribution is 2.42. The molecule has 6 heteroatoms. The van der Waals surface area contributed by atoms with Gasteiger partial charge in [0.05, 0.1) is 30.7 Å². The number of fused-ring (bicyclic) bond motifs is 1. The van der Waals surface area contributed by atoms with Crippen molar-refractivity contribution in [3.8, 4) is 0 Å². The maximum absolute atomic E-state index is 11.1. The molecule has 4 fully saturated rings. The van der Waals surface area contributed by atoms with Gasteiger partial charge in [-0.1, -0.05) is 0 Å². The van der Waals surface area contributed by atoms with E-state index in [9.17, 15) is 8.42 Å². The van der Waals surface area contributed by atoms with Crippen LogP contribution < -0.4 is 0 Å². The lowest BCUT2D eigenvalue weighted by atomic mass is 9.99. The molecule has 4 rings (SSSR count). The van der Waals surface area contributed by atoms with Crippen molar-refractivity contribution in [1.82, 2.24) is 0 Å². The minimum Gasteiger partial charge on any atom is -0.372 e. The van der Waals surface area contributed by atoms with Gasteiger partial charge in [-0.3, -0.25) is 4.18 Å². The van der Waals surface area contributed by atoms with Gasteiger partial charge in [0.15, 0.2) is 0 Å². The molecule has 5 nitrogen and oxygen atoms in total. The predicted molar refractivity (Wildman–Crippen MR) is 50.9 cm³/mol. The Labute approximate surface area is 88.8 Å². The maximum atomic E-state index is 11.1. The van der Waals surface area contributed by atoms with E-state index in [1.54, 1.807) is 0 Å². The second-order valence-corrected chi connectivity index (χ2v) is 6.16. The maximum Gasteiger partial charge on any atom is 0.264 e. The zero-order valence-electron chi connectivity index (χ0n) is 8.46. The Morgan fingerprint density at radius 1 is 1.07 bits per heavy atom. The minimum atomic E-state index is -3.40. The third kappa shape index (κ3) is 1.80. The fraction of sp³-hybridized carbons (Fsp3) is 1.00. The second kappa shape index (κ2) is 3.16. The van der Waals surface area contributed by atoms with Gasteiger partial charge in [0, 0.05) is 19.3 Å². The molecular weight excluding hydrogens is 220 g/mol. The molecule has 0 aromatic heterocycles. The van der Waals surface area contributed by atoms with Gasteiger partial charge in [0.2, 0.25) is 0 Å². The van der Waals surface area contributed by atoms with Crippen LogP contribution in [0.2, 0.25) is 0 Å². The Kier molecular flexibility index (Phi) is 2.11. The predicted octanol–water partition coefficient (Wildman–Crippen LogP) is 0.0499. The molecule has 4 aliphatic heterocycles. The highest BCUT2D eigenvalue weighted by atomic mass is 32.2. The van der Waals surface area contributed by atoms with Gasteiger partial charge in [0.1, 0.15) is 6.10 Å². The molecule has 0 N–H and O–H groups in total. The molecule has 5 atom stereocenters. The number of hydrogen-bond acceptors (Lipinski definition) is 5. The average Bonchev–Trinajstić information content (AvgIpc) is 2.45. The summed E-state index contributed by atoms with van der Waals surface area (Å²) in [5, 5.41) is 0. The summed E-state index contributed by atoms with van der Waals surface area (Å²) in [4.78, 5) is 0. The normalized spacial score (nSPS) is 48.5. The molecule has 0 amide bonds. The van der Waals surface area contributed by atoms with Crippen molar-refractivity contribution in [2.75, 3.05) is 6.26 Å². The van der Waals surface area contributed by atoms with E-state index in [4.69, 9.17) is 13.7 Å². The van der Waals surface area contributed by atoms with Gasteiger partial charge in [-0.15, -0.1) is 0 Å². The van der Waals surface area contributed by atoms with E-state index in [1.165, 1.54) is 0 Å². The van der Waals surface area contributed by atoms with Crippen LogP contribution in [0.1, 0.15) is 19.3 Å². The van der Waals surface area contributed by atoms with Crippen molar-refractivity contribution in [3.63, 3.8) is 0 Å². The molecule has 0 aliphatic carbocycles. The van der Waals surface area contributed by atoms with Crippen molar-refractivity contribution in [1.29, 1.82) is 0 Å². The lowest BCUT2D eigenvalue weighted by molar-refractivity contribution is -0.0351. The first-order valence-electron chi connectivity index (χ1n) is 5.20. The van der Waals surface area contributed by atoms with Crippen LogP contribution in [-0.2, 0) is 23.8 Å². The molecule has 4 saturated heterocycles. The van der Waals surface area contributed by atoms with Crippen LogP contribution in [-0.4, -0.2) is 45.2 Å². The first-order valence-corrected chi connectivity index (χ1v) is 7.02. The standard InChI is InChI=1S/C9H14O5S/c1-15(10,11)14-9-3-5-2-6-7(12-5)4-8(9)13-6/h5-9H,2-4H2,1H3/t5-,6-,7-,8-,9?/m1/s1. The smallest absolute Gasteiger partial charge is 0.264 e. The molecule has 4 heterocycles. The lowest BCUT2D eigenvalue weighted by Gasteiger charge is -2.20. The molecule has 15 heavy (non-hydrogen) atoms. The quantitative estimate of drug-likeness (QED) is 0.632. The second-order valence-electron chi connectivity index (χ2n) is 4.56. The van der Waals surface area contributed by atoms with E-state index >= 15 is 0 Å². The molecule has 4 bridgehead atoms. The third-order valence-corrected chi connectivity index (χ3v) is 3.90. The van der Waals surface area contributed by atoms with E-state index in [0.29, 0.717) is 6.42 Å². The average molecular weight is 234 g/mol. The van der Waals surface area contributed by atoms with Gasteiger partial charge < -0.3 is 9.47 Å². The highest BCUT2D eigenvalue weighted by Gasteiger charge is 2.51. The number of ether oxygens (including phenoxy) is 2. The number of hydrogen-bond donors (Lipinski definition) is 0. The highest BCUT2D eigenvalue weighted by molar-refractivity contribution is 7.86. The molecule has 0 aromatic rings. The summed E-state index contributed by atoms with van der Waals surface area (Å²) in [6.45, 7) is 0. The molecule has 0 radical (unpaired) electrons. The molecule has 86 valence electrons. The van der Waals surface area contributed by atoms with Crippen LogP contribution in [0.25, 0.3) is 0 Å². The van der Waals surface area contributed by atoms with Crippen LogP contribution in [0.5, 0.6) is 0 Å². The van der Waals surface area contributed by atoms with E-state index in [0.717, 1.165) is 19.1 Å². The fourth-order valence-corrected chi connectivity index (χ4v) is 3.44. The van der Waals surface area contributed by atoms with Crippen molar-refractivity contribution < 1.29 is 22.1 Å². The summed E-state index contributed by atoms with van der Waals surface area (Å²) in [7, 11) is -3.40. The van der Waals surface area contributed by atoms with E-state index in [1.807, 2.05) is 0 Å². The first-order chi connectivity index (χ1) is 7.01. The molecule has 0 aromatic carbocycles. The zero-order valence-corrected chi connectivity index (χ0v) is 9.27. The van der Waals surface area contributed by atoms with Crippen molar-refractivity contribution in [2.24, 2.45) is 0 Å². The van der Waals surface area contributed by atoms with Gasteiger partial charge in [-0.2, -0.15) is 8.42 Å². The minimum absolute atomic E-state index is 0.109. The summed E-state index contributed by atoms with van der Waals surface area (Å²) >= 11 is 0. The van der Waals surface area contributed by atoms with Gasteiger partial charge >= 0.3 is 0 Å². The van der Waals surface area contributed by atoms with Crippen LogP contribution >= 0.6 is 0 Å². The van der Waals surface area contributed by atoms with E-state index in [-0.39, 0.29) is 30.5 Å². The molecule has 0 saturated carbocycles. The molecule has 4 aliphatic rings. The summed E-state index contributed by atoms with van der Waals surface area (Å²) in [5.41, 5.74) is 0. The van der Waals surface area contributed by atoms with Crippen LogP contribution in [0.4, 0.5) is 0 Å². The Morgan fingerprint density at radius 2 is 1.80 bits per heavy atom. The topological polar surface area (TPSA) is 61.8 Å². The largest absolute Gasteiger partial charge is 0.372 e. The summed E-state index contributed by atoms with van der Waals surface area (Å²) in [6.07, 6.45) is 3.32. The van der Waals surface area contributed by atoms with E-state index < -0.39 is 10.1 Å². The monoisotopic (exact) mass is 234 g/mol. The zero-order chi connectivity index (χ0) is 10.6. The molecule has 0 spiro atoms. The summed E-state index contributed by atoms with van der Waals surface area (Å²) in [6, 6.07) is 0. The van der Waals surface area contributed by atoms with Crippen LogP contribution in [0, 0.1) is 0 Å². The van der Waals surface area contributed by atoms with E-state index in [2.05, 4.69) is 0 Å². The Morgan fingerprint density at radius 3 is 2.47 bits per heavy atom. The van der Waals surface area contributed by atoms with Gasteiger partial charge in [0.25, 0.3) is 10.1 Å². The molecule has 1 unspecified atom stereocenters. The number of rotatable bonds is 2. The van der Waals surface area contributed by atoms with Crippen molar-refractivity contribution in [2.45, 2.75) is 49.8 Å². The van der Waals surface area contributed by atoms with Crippen molar-refractivity contribution in [3.05, 3.63) is 0 Å². The first kappa shape index (κ1) is 10.0. The Bertz CT molecular complexity index is 351. The fourth-order valence-electron chi connectivity index (χ4n) is 2.79. The third-order valence-electron chi connectivity index (χ3n) is 3.30. The van der Waals surface area contributed by atoms with Gasteiger partial charge in [-0.25, -0.2) is 0 Å². The Hall–Kier alpha value is -0.170. The Balaban J connectivity index is 1.81. The summed E-state index contributed by atoms with van der Waals surface area (Å²) in [5.74, 6) is 0. The summed E-state index contributed by atoms with van der Waals surface area (Å²) < 4.78 is 38.7. The van der Waals surface area contributed by atoms with Crippen LogP contribution in [0.3, 0.4) is 0 Å².